The van der Waals surface area contributed by atoms with Crippen molar-refractivity contribution in [3.05, 3.63) is 54.9 Å². The fourth-order valence-electron chi connectivity index (χ4n) is 2.41. The maximum atomic E-state index is 12.1. The molecule has 1 N–H and O–H groups in total. The number of aromatic nitrogens is 4. The number of nitrogens with zero attached hydrogens (tertiary/aromatic N) is 4. The Morgan fingerprint density at radius 3 is 2.58 bits per heavy atom. The standard InChI is InChI=1S/C19H21N5OS/c1-3-14(2)21-17(25)13-26-19-23-22-18(15-9-11-20-12-10-15)24(19)16-7-5-4-6-8-16/h4-12,14H,3,13H2,1-2H3,(H,21,25). The number of benzene rings is 1. The van der Waals surface area contributed by atoms with Crippen molar-refractivity contribution in [3.63, 3.8) is 0 Å². The number of hydrogen-bond acceptors (Lipinski definition) is 5. The van der Waals surface area contributed by atoms with E-state index >= 15 is 0 Å². The predicted octanol–water partition coefficient (Wildman–Crippen LogP) is 3.34. The monoisotopic (exact) mass is 367 g/mol. The van der Waals surface area contributed by atoms with Crippen LogP contribution in [0.4, 0.5) is 0 Å². The molecule has 2 heterocycles. The highest BCUT2D eigenvalue weighted by atomic mass is 32.2. The first-order valence-corrected chi connectivity index (χ1v) is 9.51. The second kappa shape index (κ2) is 8.62. The zero-order chi connectivity index (χ0) is 18.4. The Bertz CT molecular complexity index is 851. The van der Waals surface area contributed by atoms with Crippen LogP contribution in [0.25, 0.3) is 17.1 Å². The molecule has 6 nitrogen and oxygen atoms in total. The van der Waals surface area contributed by atoms with E-state index < -0.39 is 0 Å². The van der Waals surface area contributed by atoms with Crippen LogP contribution in [0, 0.1) is 0 Å². The van der Waals surface area contributed by atoms with Crippen LogP contribution in [-0.4, -0.2) is 37.5 Å². The summed E-state index contributed by atoms with van der Waals surface area (Å²) < 4.78 is 1.97. The Morgan fingerprint density at radius 2 is 1.88 bits per heavy atom. The van der Waals surface area contributed by atoms with Crippen molar-refractivity contribution in [2.75, 3.05) is 5.75 Å². The number of hydrogen-bond donors (Lipinski definition) is 1. The number of nitrogens with one attached hydrogen (secondary N) is 1. The van der Waals surface area contributed by atoms with Crippen LogP contribution in [0.2, 0.25) is 0 Å². The lowest BCUT2D eigenvalue weighted by molar-refractivity contribution is -0.119. The Kier molecular flexibility index (Phi) is 6.01. The largest absolute Gasteiger partial charge is 0.353 e. The minimum atomic E-state index is -0.00239. The molecule has 134 valence electrons. The number of carbonyl (C=O) groups excluding carboxylic acids is 1. The zero-order valence-electron chi connectivity index (χ0n) is 14.8. The van der Waals surface area contributed by atoms with Crippen molar-refractivity contribution < 1.29 is 4.79 Å². The Hall–Kier alpha value is -2.67. The van der Waals surface area contributed by atoms with E-state index in [0.29, 0.717) is 10.9 Å². The number of carbonyl (C=O) groups is 1. The topological polar surface area (TPSA) is 72.7 Å². The maximum absolute atomic E-state index is 12.1. The van der Waals surface area contributed by atoms with Crippen LogP contribution >= 0.6 is 11.8 Å². The molecule has 26 heavy (non-hydrogen) atoms. The van der Waals surface area contributed by atoms with Gasteiger partial charge in [-0.05, 0) is 37.6 Å². The molecule has 0 fully saturated rings. The lowest BCUT2D eigenvalue weighted by Crippen LogP contribution is -2.33. The normalized spacial score (nSPS) is 11.9. The molecule has 1 atom stereocenters. The van der Waals surface area contributed by atoms with E-state index in [2.05, 4.69) is 20.5 Å². The van der Waals surface area contributed by atoms with Gasteiger partial charge < -0.3 is 5.32 Å². The SMILES string of the molecule is CCC(C)NC(=O)CSc1nnc(-c2ccncc2)n1-c1ccccc1. The molecule has 0 saturated carbocycles. The molecule has 1 unspecified atom stereocenters. The van der Waals surface area contributed by atoms with Crippen molar-refractivity contribution in [1.82, 2.24) is 25.1 Å². The molecule has 7 heteroatoms. The van der Waals surface area contributed by atoms with Gasteiger partial charge in [-0.25, -0.2) is 0 Å². The van der Waals surface area contributed by atoms with Gasteiger partial charge in [-0.2, -0.15) is 0 Å². The number of thioether (sulfide) groups is 1. The van der Waals surface area contributed by atoms with E-state index in [1.807, 2.05) is 60.9 Å². The van der Waals surface area contributed by atoms with E-state index in [1.54, 1.807) is 12.4 Å². The molecular weight excluding hydrogens is 346 g/mol. The van der Waals surface area contributed by atoms with Gasteiger partial charge in [0.15, 0.2) is 11.0 Å². The zero-order valence-corrected chi connectivity index (χ0v) is 15.6. The second-order valence-electron chi connectivity index (χ2n) is 5.88. The summed E-state index contributed by atoms with van der Waals surface area (Å²) in [6.07, 6.45) is 4.36. The molecule has 0 bridgehead atoms. The first-order valence-electron chi connectivity index (χ1n) is 8.52. The van der Waals surface area contributed by atoms with Gasteiger partial charge in [0.25, 0.3) is 0 Å². The summed E-state index contributed by atoms with van der Waals surface area (Å²) in [7, 11) is 0. The molecular formula is C19H21N5OS. The molecule has 1 amide bonds. The van der Waals surface area contributed by atoms with Gasteiger partial charge in [-0.15, -0.1) is 10.2 Å². The van der Waals surface area contributed by atoms with Crippen molar-refractivity contribution >= 4 is 17.7 Å². The minimum Gasteiger partial charge on any atom is -0.353 e. The third kappa shape index (κ3) is 4.29. The second-order valence-corrected chi connectivity index (χ2v) is 6.82. The van der Waals surface area contributed by atoms with Gasteiger partial charge in [-0.3, -0.25) is 14.3 Å². The van der Waals surface area contributed by atoms with Crippen molar-refractivity contribution in [2.24, 2.45) is 0 Å². The molecule has 3 rings (SSSR count). The lowest BCUT2D eigenvalue weighted by atomic mass is 10.2. The summed E-state index contributed by atoms with van der Waals surface area (Å²) in [5.41, 5.74) is 1.88. The first kappa shape index (κ1) is 18.1. The molecule has 1 aromatic carbocycles. The quantitative estimate of drug-likeness (QED) is 0.649. The summed E-state index contributed by atoms with van der Waals surface area (Å²) in [5.74, 6) is 1.02. The van der Waals surface area contributed by atoms with Gasteiger partial charge in [0.2, 0.25) is 5.91 Å². The number of amides is 1. The molecule has 0 aliphatic rings. The Balaban J connectivity index is 1.89. The van der Waals surface area contributed by atoms with E-state index in [0.717, 1.165) is 23.5 Å². The van der Waals surface area contributed by atoms with Crippen molar-refractivity contribution in [3.8, 4) is 17.1 Å². The van der Waals surface area contributed by atoms with Gasteiger partial charge in [0, 0.05) is 29.7 Å². The molecule has 3 aromatic rings. The van der Waals surface area contributed by atoms with E-state index in [-0.39, 0.29) is 11.9 Å². The van der Waals surface area contributed by atoms with Gasteiger partial charge >= 0.3 is 0 Å². The Labute approximate surface area is 157 Å². The van der Waals surface area contributed by atoms with Crippen LogP contribution in [0.3, 0.4) is 0 Å². The van der Waals surface area contributed by atoms with Gasteiger partial charge in [-0.1, -0.05) is 36.9 Å². The maximum Gasteiger partial charge on any atom is 0.230 e. The van der Waals surface area contributed by atoms with Crippen molar-refractivity contribution in [1.29, 1.82) is 0 Å². The first-order chi connectivity index (χ1) is 12.7. The fourth-order valence-corrected chi connectivity index (χ4v) is 3.17. The summed E-state index contributed by atoms with van der Waals surface area (Å²) >= 11 is 1.38. The summed E-state index contributed by atoms with van der Waals surface area (Å²) in [6, 6.07) is 13.9. The number of para-hydroxylation sites is 1. The molecule has 0 aliphatic carbocycles. The van der Waals surface area contributed by atoms with Gasteiger partial charge in [0.1, 0.15) is 0 Å². The summed E-state index contributed by atoms with van der Waals surface area (Å²) in [5, 5.41) is 12.3. The summed E-state index contributed by atoms with van der Waals surface area (Å²) in [6.45, 7) is 4.04. The number of pyridine rings is 1. The third-order valence-electron chi connectivity index (χ3n) is 3.94. The van der Waals surface area contributed by atoms with Gasteiger partial charge in [0.05, 0.1) is 5.75 Å². The summed E-state index contributed by atoms with van der Waals surface area (Å²) in [4.78, 5) is 16.2. The van der Waals surface area contributed by atoms with E-state index in [9.17, 15) is 4.79 Å². The highest BCUT2D eigenvalue weighted by molar-refractivity contribution is 7.99. The minimum absolute atomic E-state index is 0.00239. The van der Waals surface area contributed by atoms with Crippen molar-refractivity contribution in [2.45, 2.75) is 31.5 Å². The third-order valence-corrected chi connectivity index (χ3v) is 4.87. The number of rotatable bonds is 7. The lowest BCUT2D eigenvalue weighted by Gasteiger charge is -2.12. The average Bonchev–Trinajstić information content (AvgIpc) is 3.11. The van der Waals surface area contributed by atoms with Crippen LogP contribution in [0.5, 0.6) is 0 Å². The van der Waals surface area contributed by atoms with Crippen LogP contribution in [0.1, 0.15) is 20.3 Å². The van der Waals surface area contributed by atoms with Crippen LogP contribution < -0.4 is 5.32 Å². The molecule has 0 spiro atoms. The highest BCUT2D eigenvalue weighted by Gasteiger charge is 2.17. The van der Waals surface area contributed by atoms with E-state index in [4.69, 9.17) is 0 Å². The molecule has 0 radical (unpaired) electrons. The molecule has 0 saturated heterocycles. The van der Waals surface area contributed by atoms with Crippen LogP contribution in [0.15, 0.2) is 60.0 Å². The smallest absolute Gasteiger partial charge is 0.230 e. The predicted molar refractivity (Wildman–Crippen MR) is 103 cm³/mol. The highest BCUT2D eigenvalue weighted by Crippen LogP contribution is 2.27. The Morgan fingerprint density at radius 1 is 1.15 bits per heavy atom. The van der Waals surface area contributed by atoms with E-state index in [1.165, 1.54) is 11.8 Å². The molecule has 2 aromatic heterocycles. The fraction of sp³-hybridized carbons (Fsp3) is 0.263. The molecule has 0 aliphatic heterocycles. The van der Waals surface area contributed by atoms with Crippen LogP contribution in [-0.2, 0) is 4.79 Å². The average molecular weight is 367 g/mol.